The van der Waals surface area contributed by atoms with Crippen LogP contribution >= 0.6 is 0 Å². The number of pyridine rings is 1. The summed E-state index contributed by atoms with van der Waals surface area (Å²) in [5, 5.41) is 0. The maximum absolute atomic E-state index is 12.1. The van der Waals surface area contributed by atoms with E-state index < -0.39 is 0 Å². The molecule has 3 nitrogen and oxygen atoms in total. The lowest BCUT2D eigenvalue weighted by molar-refractivity contribution is 0.103. The number of benzene rings is 1. The number of carbonyl (C=O) groups excluding carboxylic acids is 1. The van der Waals surface area contributed by atoms with Crippen molar-refractivity contribution in [3.8, 4) is 5.75 Å². The molecule has 0 aliphatic carbocycles. The Bertz CT molecular complexity index is 529. The summed E-state index contributed by atoms with van der Waals surface area (Å²) < 4.78 is 5.34. The van der Waals surface area contributed by atoms with E-state index in [1.807, 2.05) is 19.9 Å². The molecule has 92 valence electrons. The summed E-state index contributed by atoms with van der Waals surface area (Å²) in [7, 11) is 0. The van der Waals surface area contributed by atoms with Gasteiger partial charge in [-0.2, -0.15) is 0 Å². The van der Waals surface area contributed by atoms with Crippen molar-refractivity contribution in [2.75, 3.05) is 6.61 Å². The van der Waals surface area contributed by atoms with Crippen molar-refractivity contribution >= 4 is 5.78 Å². The minimum Gasteiger partial charge on any atom is -0.494 e. The topological polar surface area (TPSA) is 39.2 Å². The predicted octanol–water partition coefficient (Wildman–Crippen LogP) is 3.02. The zero-order chi connectivity index (χ0) is 13.0. The van der Waals surface area contributed by atoms with Gasteiger partial charge < -0.3 is 4.74 Å². The fourth-order valence-electron chi connectivity index (χ4n) is 1.62. The van der Waals surface area contributed by atoms with E-state index in [0.717, 1.165) is 11.3 Å². The Morgan fingerprint density at radius 2 is 1.89 bits per heavy atom. The molecular formula is C15H15NO2. The molecule has 18 heavy (non-hydrogen) atoms. The lowest BCUT2D eigenvalue weighted by Gasteiger charge is -2.04. The highest BCUT2D eigenvalue weighted by molar-refractivity contribution is 6.07. The molecule has 0 N–H and O–H groups in total. The minimum absolute atomic E-state index is 0.0713. The molecule has 0 aliphatic rings. The Kier molecular flexibility index (Phi) is 3.72. The molecule has 2 aromatic rings. The maximum Gasteiger partial charge on any atom is 0.211 e. The van der Waals surface area contributed by atoms with Gasteiger partial charge in [-0.3, -0.25) is 9.78 Å². The molecular weight excluding hydrogens is 226 g/mol. The summed E-state index contributed by atoms with van der Waals surface area (Å²) in [6.07, 6.45) is 1.70. The zero-order valence-corrected chi connectivity index (χ0v) is 10.5. The molecule has 0 spiro atoms. The van der Waals surface area contributed by atoms with Crippen LogP contribution < -0.4 is 4.74 Å². The molecule has 1 heterocycles. The molecule has 0 amide bonds. The quantitative estimate of drug-likeness (QED) is 0.772. The van der Waals surface area contributed by atoms with Crippen molar-refractivity contribution in [3.05, 3.63) is 59.4 Å². The van der Waals surface area contributed by atoms with E-state index in [9.17, 15) is 4.79 Å². The zero-order valence-electron chi connectivity index (χ0n) is 10.5. The van der Waals surface area contributed by atoms with E-state index in [0.29, 0.717) is 17.9 Å². The van der Waals surface area contributed by atoms with Crippen LogP contribution in [-0.2, 0) is 0 Å². The minimum atomic E-state index is -0.0713. The molecule has 0 unspecified atom stereocenters. The van der Waals surface area contributed by atoms with E-state index in [2.05, 4.69) is 4.98 Å². The highest BCUT2D eigenvalue weighted by Gasteiger charge is 2.09. The fraction of sp³-hybridized carbons (Fsp3) is 0.200. The molecule has 0 fully saturated rings. The number of nitrogens with zero attached hydrogens (tertiary/aromatic N) is 1. The van der Waals surface area contributed by atoms with Gasteiger partial charge in [0.05, 0.1) is 6.61 Å². The van der Waals surface area contributed by atoms with Gasteiger partial charge in [0.15, 0.2) is 0 Å². The van der Waals surface area contributed by atoms with Crippen molar-refractivity contribution in [1.82, 2.24) is 4.98 Å². The number of hydrogen-bond donors (Lipinski definition) is 0. The van der Waals surface area contributed by atoms with Crippen LogP contribution in [0.3, 0.4) is 0 Å². The van der Waals surface area contributed by atoms with Crippen molar-refractivity contribution in [1.29, 1.82) is 0 Å². The standard InChI is InChI=1S/C15H15NO2/c1-3-18-13-7-5-12(6-8-13)15(17)14-9-4-11(2)10-16-14/h4-10H,3H2,1-2H3. The highest BCUT2D eigenvalue weighted by atomic mass is 16.5. The van der Waals surface area contributed by atoms with Crippen LogP contribution in [0.5, 0.6) is 5.75 Å². The average Bonchev–Trinajstić information content (AvgIpc) is 2.40. The van der Waals surface area contributed by atoms with Crippen molar-refractivity contribution in [2.45, 2.75) is 13.8 Å². The van der Waals surface area contributed by atoms with E-state index in [-0.39, 0.29) is 5.78 Å². The number of hydrogen-bond acceptors (Lipinski definition) is 3. The Morgan fingerprint density at radius 1 is 1.17 bits per heavy atom. The molecule has 3 heteroatoms. The van der Waals surface area contributed by atoms with E-state index in [1.165, 1.54) is 0 Å². The van der Waals surface area contributed by atoms with Gasteiger partial charge in [-0.15, -0.1) is 0 Å². The maximum atomic E-state index is 12.1. The molecule has 1 aromatic carbocycles. The smallest absolute Gasteiger partial charge is 0.211 e. The van der Waals surface area contributed by atoms with E-state index in [1.54, 1.807) is 36.5 Å². The van der Waals surface area contributed by atoms with Crippen LogP contribution in [0.4, 0.5) is 0 Å². The number of rotatable bonds is 4. The highest BCUT2D eigenvalue weighted by Crippen LogP contribution is 2.14. The average molecular weight is 241 g/mol. The summed E-state index contributed by atoms with van der Waals surface area (Å²) in [6.45, 7) is 4.49. The fourth-order valence-corrected chi connectivity index (χ4v) is 1.62. The van der Waals surface area contributed by atoms with Crippen LogP contribution in [0.1, 0.15) is 28.5 Å². The van der Waals surface area contributed by atoms with Gasteiger partial charge in [0.2, 0.25) is 5.78 Å². The third-order valence-electron chi connectivity index (χ3n) is 2.57. The predicted molar refractivity (Wildman–Crippen MR) is 70.0 cm³/mol. The Balaban J connectivity index is 2.20. The molecule has 0 radical (unpaired) electrons. The Morgan fingerprint density at radius 3 is 2.44 bits per heavy atom. The van der Waals surface area contributed by atoms with Gasteiger partial charge in [0, 0.05) is 11.8 Å². The second-order valence-electron chi connectivity index (χ2n) is 4.01. The van der Waals surface area contributed by atoms with Crippen LogP contribution in [0.15, 0.2) is 42.6 Å². The summed E-state index contributed by atoms with van der Waals surface area (Å²) >= 11 is 0. The number of carbonyl (C=O) groups is 1. The normalized spacial score (nSPS) is 10.1. The lowest BCUT2D eigenvalue weighted by atomic mass is 10.1. The molecule has 0 saturated carbocycles. The van der Waals surface area contributed by atoms with Gasteiger partial charge in [0.25, 0.3) is 0 Å². The van der Waals surface area contributed by atoms with Crippen LogP contribution in [0, 0.1) is 6.92 Å². The summed E-state index contributed by atoms with van der Waals surface area (Å²) in [5.74, 6) is 0.698. The van der Waals surface area contributed by atoms with Crippen LogP contribution in [0.2, 0.25) is 0 Å². The third-order valence-corrected chi connectivity index (χ3v) is 2.57. The third kappa shape index (κ3) is 2.74. The SMILES string of the molecule is CCOc1ccc(C(=O)c2ccc(C)cn2)cc1. The second-order valence-corrected chi connectivity index (χ2v) is 4.01. The van der Waals surface area contributed by atoms with Gasteiger partial charge >= 0.3 is 0 Å². The molecule has 1 aromatic heterocycles. The summed E-state index contributed by atoms with van der Waals surface area (Å²) in [5.41, 5.74) is 2.12. The number of ether oxygens (including phenoxy) is 1. The van der Waals surface area contributed by atoms with Crippen molar-refractivity contribution in [3.63, 3.8) is 0 Å². The van der Waals surface area contributed by atoms with E-state index >= 15 is 0 Å². The first kappa shape index (κ1) is 12.3. The van der Waals surface area contributed by atoms with Crippen LogP contribution in [0.25, 0.3) is 0 Å². The number of aromatic nitrogens is 1. The lowest BCUT2D eigenvalue weighted by Crippen LogP contribution is -2.04. The van der Waals surface area contributed by atoms with Gasteiger partial charge in [0.1, 0.15) is 11.4 Å². The van der Waals surface area contributed by atoms with Crippen molar-refractivity contribution < 1.29 is 9.53 Å². The first-order chi connectivity index (χ1) is 8.70. The first-order valence-corrected chi connectivity index (χ1v) is 5.91. The largest absolute Gasteiger partial charge is 0.494 e. The second kappa shape index (κ2) is 5.45. The van der Waals surface area contributed by atoms with Gasteiger partial charge in [-0.05, 0) is 49.7 Å². The summed E-state index contributed by atoms with van der Waals surface area (Å²) in [4.78, 5) is 16.3. The van der Waals surface area contributed by atoms with Gasteiger partial charge in [-0.1, -0.05) is 6.07 Å². The Hall–Kier alpha value is -2.16. The molecule has 2 rings (SSSR count). The molecule has 0 aliphatic heterocycles. The summed E-state index contributed by atoms with van der Waals surface area (Å²) in [6, 6.07) is 10.7. The number of aryl methyl sites for hydroxylation is 1. The molecule has 0 bridgehead atoms. The number of ketones is 1. The monoisotopic (exact) mass is 241 g/mol. The molecule has 0 atom stereocenters. The van der Waals surface area contributed by atoms with Crippen LogP contribution in [-0.4, -0.2) is 17.4 Å². The molecule has 0 saturated heterocycles. The van der Waals surface area contributed by atoms with E-state index in [4.69, 9.17) is 4.74 Å². The van der Waals surface area contributed by atoms with Crippen molar-refractivity contribution in [2.24, 2.45) is 0 Å². The van der Waals surface area contributed by atoms with Gasteiger partial charge in [-0.25, -0.2) is 0 Å². The Labute approximate surface area is 106 Å². The first-order valence-electron chi connectivity index (χ1n) is 5.91.